The van der Waals surface area contributed by atoms with Crippen molar-refractivity contribution in [1.82, 2.24) is 15.3 Å². The summed E-state index contributed by atoms with van der Waals surface area (Å²) in [5.41, 5.74) is 5.29. The van der Waals surface area contributed by atoms with Crippen LogP contribution in [0.15, 0.2) is 12.4 Å². The third kappa shape index (κ3) is 4.95. The summed E-state index contributed by atoms with van der Waals surface area (Å²) < 4.78 is 0. The smallest absolute Gasteiger partial charge is 0.239 e. The molecule has 8 heteroatoms. The van der Waals surface area contributed by atoms with Gasteiger partial charge in [0.15, 0.2) is 0 Å². The van der Waals surface area contributed by atoms with E-state index in [1.807, 2.05) is 20.0 Å². The Morgan fingerprint density at radius 3 is 2.92 bits per heavy atom. The second-order valence-electron chi connectivity index (χ2n) is 6.38. The fraction of sp³-hybridized carbons (Fsp3) is 0.688. The lowest BCUT2D eigenvalue weighted by atomic mass is 9.96. The number of carbonyl (C=O) groups excluding carboxylic acids is 1. The van der Waals surface area contributed by atoms with E-state index in [9.17, 15) is 4.79 Å². The first-order chi connectivity index (χ1) is 11.0. The number of nitrogens with zero attached hydrogens (tertiary/aromatic N) is 3. The van der Waals surface area contributed by atoms with Gasteiger partial charge in [0.05, 0.1) is 5.54 Å². The van der Waals surface area contributed by atoms with Crippen molar-refractivity contribution in [3.8, 4) is 0 Å². The van der Waals surface area contributed by atoms with Crippen molar-refractivity contribution in [2.75, 3.05) is 30.4 Å². The highest BCUT2D eigenvalue weighted by molar-refractivity contribution is 5.85. The van der Waals surface area contributed by atoms with Gasteiger partial charge in [-0.05, 0) is 26.2 Å². The maximum absolute atomic E-state index is 12.3. The van der Waals surface area contributed by atoms with Crippen LogP contribution in [0.4, 0.5) is 11.6 Å². The Labute approximate surface area is 150 Å². The third-order valence-corrected chi connectivity index (χ3v) is 4.37. The fourth-order valence-corrected chi connectivity index (χ4v) is 3.04. The van der Waals surface area contributed by atoms with Crippen LogP contribution in [-0.4, -0.2) is 47.6 Å². The lowest BCUT2D eigenvalue weighted by Gasteiger charge is -2.28. The number of hydrogen-bond acceptors (Lipinski definition) is 6. The molecule has 2 atom stereocenters. The molecule has 1 fully saturated rings. The minimum atomic E-state index is -0.799. The van der Waals surface area contributed by atoms with E-state index in [-0.39, 0.29) is 24.4 Å². The highest BCUT2D eigenvalue weighted by Gasteiger charge is 2.30. The molecule has 0 aromatic carbocycles. The summed E-state index contributed by atoms with van der Waals surface area (Å²) in [6.45, 7) is 5.36. The number of aromatic nitrogens is 2. The van der Waals surface area contributed by atoms with E-state index in [4.69, 9.17) is 5.73 Å². The molecule has 0 saturated carbocycles. The van der Waals surface area contributed by atoms with Crippen molar-refractivity contribution in [3.63, 3.8) is 0 Å². The van der Waals surface area contributed by atoms with E-state index in [0.717, 1.165) is 37.4 Å². The van der Waals surface area contributed by atoms with Gasteiger partial charge in [-0.15, -0.1) is 12.4 Å². The summed E-state index contributed by atoms with van der Waals surface area (Å²) >= 11 is 0. The minimum absolute atomic E-state index is 0. The standard InChI is InChI=1S/C16H28N6O.ClH/c1-4-7-16(2,17)15(23)19-10-12-6-5-8-22(12)14-9-13(18-3)20-11-21-14;/h9,11-12H,4-8,10,17H2,1-3H3,(H,19,23)(H,18,20,21);1H. The molecule has 2 heterocycles. The molecule has 1 aliphatic heterocycles. The molecule has 2 unspecified atom stereocenters. The Bertz CT molecular complexity index is 539. The quantitative estimate of drug-likeness (QED) is 0.685. The molecule has 1 aliphatic rings. The van der Waals surface area contributed by atoms with Crippen molar-refractivity contribution in [1.29, 1.82) is 0 Å². The first-order valence-electron chi connectivity index (χ1n) is 8.31. The second kappa shape index (κ2) is 9.03. The highest BCUT2D eigenvalue weighted by Crippen LogP contribution is 2.24. The molecular formula is C16H29ClN6O. The number of rotatable bonds is 7. The van der Waals surface area contributed by atoms with Gasteiger partial charge >= 0.3 is 0 Å². The van der Waals surface area contributed by atoms with E-state index >= 15 is 0 Å². The molecule has 1 aromatic heterocycles. The molecule has 0 radical (unpaired) electrons. The Morgan fingerprint density at radius 2 is 2.25 bits per heavy atom. The van der Waals surface area contributed by atoms with Crippen molar-refractivity contribution < 1.29 is 4.79 Å². The van der Waals surface area contributed by atoms with Crippen molar-refractivity contribution in [3.05, 3.63) is 12.4 Å². The van der Waals surface area contributed by atoms with Crippen molar-refractivity contribution in [2.24, 2.45) is 5.73 Å². The number of nitrogens with one attached hydrogen (secondary N) is 2. The van der Waals surface area contributed by atoms with Crippen molar-refractivity contribution in [2.45, 2.75) is 51.1 Å². The van der Waals surface area contributed by atoms with Crippen LogP contribution in [0.5, 0.6) is 0 Å². The zero-order valence-corrected chi connectivity index (χ0v) is 15.5. The monoisotopic (exact) mass is 356 g/mol. The molecular weight excluding hydrogens is 328 g/mol. The molecule has 0 spiro atoms. The lowest BCUT2D eigenvalue weighted by Crippen LogP contribution is -2.53. The fourth-order valence-electron chi connectivity index (χ4n) is 3.04. The Morgan fingerprint density at radius 1 is 1.50 bits per heavy atom. The molecule has 2 rings (SSSR count). The van der Waals surface area contributed by atoms with E-state index < -0.39 is 5.54 Å². The number of carbonyl (C=O) groups is 1. The Balaban J connectivity index is 0.00000288. The second-order valence-corrected chi connectivity index (χ2v) is 6.38. The van der Waals surface area contributed by atoms with Crippen LogP contribution in [0.1, 0.15) is 39.5 Å². The average Bonchev–Trinajstić information content (AvgIpc) is 3.01. The number of anilines is 2. The highest BCUT2D eigenvalue weighted by atomic mass is 35.5. The molecule has 1 saturated heterocycles. The third-order valence-electron chi connectivity index (χ3n) is 4.37. The number of halogens is 1. The van der Waals surface area contributed by atoms with Gasteiger partial charge in [-0.2, -0.15) is 0 Å². The Hall–Kier alpha value is -1.60. The predicted molar refractivity (Wildman–Crippen MR) is 99.7 cm³/mol. The topological polar surface area (TPSA) is 96.2 Å². The van der Waals surface area contributed by atoms with Crippen LogP contribution in [0, 0.1) is 0 Å². The summed E-state index contributed by atoms with van der Waals surface area (Å²) in [7, 11) is 1.84. The molecule has 7 nitrogen and oxygen atoms in total. The van der Waals surface area contributed by atoms with E-state index in [1.165, 1.54) is 0 Å². The predicted octanol–water partition coefficient (Wildman–Crippen LogP) is 1.54. The van der Waals surface area contributed by atoms with Gasteiger partial charge in [0.1, 0.15) is 18.0 Å². The van der Waals surface area contributed by atoms with Crippen LogP contribution in [0.3, 0.4) is 0 Å². The largest absolute Gasteiger partial charge is 0.373 e. The minimum Gasteiger partial charge on any atom is -0.373 e. The van der Waals surface area contributed by atoms with Gasteiger partial charge in [0.2, 0.25) is 5.91 Å². The molecule has 0 bridgehead atoms. The van der Waals surface area contributed by atoms with Crippen molar-refractivity contribution >= 4 is 29.9 Å². The first-order valence-corrected chi connectivity index (χ1v) is 8.31. The zero-order valence-electron chi connectivity index (χ0n) is 14.7. The van der Waals surface area contributed by atoms with Gasteiger partial charge in [-0.3, -0.25) is 4.79 Å². The van der Waals surface area contributed by atoms with Gasteiger partial charge in [0.25, 0.3) is 0 Å². The normalized spacial score (nSPS) is 19.3. The molecule has 136 valence electrons. The van der Waals surface area contributed by atoms with Crippen LogP contribution in [-0.2, 0) is 4.79 Å². The SMILES string of the molecule is CCCC(C)(N)C(=O)NCC1CCCN1c1cc(NC)ncn1.Cl. The van der Waals surface area contributed by atoms with Gasteiger partial charge in [-0.25, -0.2) is 9.97 Å². The molecule has 24 heavy (non-hydrogen) atoms. The summed E-state index contributed by atoms with van der Waals surface area (Å²) in [5, 5.41) is 6.04. The van der Waals surface area contributed by atoms with Gasteiger partial charge < -0.3 is 21.3 Å². The maximum Gasteiger partial charge on any atom is 0.239 e. The molecule has 1 aromatic rings. The lowest BCUT2D eigenvalue weighted by molar-refractivity contribution is -0.126. The van der Waals surface area contributed by atoms with Gasteiger partial charge in [0, 0.05) is 32.2 Å². The van der Waals surface area contributed by atoms with Crippen LogP contribution in [0.2, 0.25) is 0 Å². The van der Waals surface area contributed by atoms with Crippen LogP contribution < -0.4 is 21.3 Å². The van der Waals surface area contributed by atoms with Gasteiger partial charge in [-0.1, -0.05) is 13.3 Å². The molecule has 1 amide bonds. The zero-order chi connectivity index (χ0) is 16.9. The van der Waals surface area contributed by atoms with Crippen LogP contribution in [0.25, 0.3) is 0 Å². The molecule has 4 N–H and O–H groups in total. The average molecular weight is 357 g/mol. The number of nitrogens with two attached hydrogens (primary N) is 1. The first kappa shape index (κ1) is 20.4. The summed E-state index contributed by atoms with van der Waals surface area (Å²) in [6, 6.07) is 2.18. The van der Waals surface area contributed by atoms with E-state index in [2.05, 4.69) is 25.5 Å². The number of amides is 1. The number of hydrogen-bond donors (Lipinski definition) is 3. The Kier molecular flexibility index (Phi) is 7.69. The summed E-state index contributed by atoms with van der Waals surface area (Å²) in [5.74, 6) is 1.61. The maximum atomic E-state index is 12.3. The molecule has 0 aliphatic carbocycles. The summed E-state index contributed by atoms with van der Waals surface area (Å²) in [6.07, 6.45) is 5.27. The van der Waals surface area contributed by atoms with E-state index in [1.54, 1.807) is 13.3 Å². The van der Waals surface area contributed by atoms with E-state index in [0.29, 0.717) is 13.0 Å². The summed E-state index contributed by atoms with van der Waals surface area (Å²) in [4.78, 5) is 23.0. The van der Waals surface area contributed by atoms with Crippen LogP contribution >= 0.6 is 12.4 Å².